The fraction of sp³-hybridized carbons (Fsp3) is 0.412. The average Bonchev–Trinajstić information content (AvgIpc) is 2.49. The Morgan fingerprint density at radius 1 is 1.22 bits per heavy atom. The third-order valence-electron chi connectivity index (χ3n) is 4.34. The summed E-state index contributed by atoms with van der Waals surface area (Å²) in [5.74, 6) is -2.13. The zero-order chi connectivity index (χ0) is 17.1. The molecule has 0 unspecified atom stereocenters. The van der Waals surface area contributed by atoms with Crippen LogP contribution in [-0.2, 0) is 9.59 Å². The van der Waals surface area contributed by atoms with Crippen molar-refractivity contribution < 1.29 is 19.4 Å². The molecule has 2 rings (SSSR count). The number of methoxy groups -OCH3 is 1. The molecule has 0 saturated carbocycles. The summed E-state index contributed by atoms with van der Waals surface area (Å²) < 4.78 is 5.20. The SMILES string of the molecule is COc1ccc(Cl)cc1NC(=O)[C@@H]1CC(C)=C(C)C[C@@H]1C(=O)O. The summed E-state index contributed by atoms with van der Waals surface area (Å²) in [6, 6.07) is 4.90. The van der Waals surface area contributed by atoms with Crippen molar-refractivity contribution in [1.82, 2.24) is 0 Å². The van der Waals surface area contributed by atoms with Gasteiger partial charge in [-0.05, 0) is 44.9 Å². The molecule has 124 valence electrons. The molecule has 0 fully saturated rings. The van der Waals surface area contributed by atoms with Crippen molar-refractivity contribution in [2.24, 2.45) is 11.8 Å². The van der Waals surface area contributed by atoms with Gasteiger partial charge >= 0.3 is 5.97 Å². The predicted octanol–water partition coefficient (Wildman–Crippen LogP) is 3.73. The molecule has 0 radical (unpaired) electrons. The number of hydrogen-bond donors (Lipinski definition) is 2. The largest absolute Gasteiger partial charge is 0.495 e. The quantitative estimate of drug-likeness (QED) is 0.821. The van der Waals surface area contributed by atoms with Crippen LogP contribution < -0.4 is 10.1 Å². The van der Waals surface area contributed by atoms with E-state index in [2.05, 4.69) is 5.32 Å². The smallest absolute Gasteiger partial charge is 0.307 e. The van der Waals surface area contributed by atoms with E-state index in [9.17, 15) is 14.7 Å². The summed E-state index contributed by atoms with van der Waals surface area (Å²) in [7, 11) is 1.50. The zero-order valence-electron chi connectivity index (χ0n) is 13.4. The van der Waals surface area contributed by atoms with Crippen molar-refractivity contribution in [2.45, 2.75) is 26.7 Å². The Morgan fingerprint density at radius 2 is 1.83 bits per heavy atom. The Labute approximate surface area is 140 Å². The van der Waals surface area contributed by atoms with Gasteiger partial charge in [-0.1, -0.05) is 22.7 Å². The molecule has 0 bridgehead atoms. The summed E-state index contributed by atoms with van der Waals surface area (Å²) in [4.78, 5) is 24.1. The van der Waals surface area contributed by atoms with E-state index >= 15 is 0 Å². The normalized spacial score (nSPS) is 21.0. The van der Waals surface area contributed by atoms with Crippen LogP contribution in [0.15, 0.2) is 29.3 Å². The van der Waals surface area contributed by atoms with Crippen LogP contribution in [0, 0.1) is 11.8 Å². The molecule has 0 heterocycles. The number of amides is 1. The number of hydrogen-bond acceptors (Lipinski definition) is 3. The predicted molar refractivity (Wildman–Crippen MR) is 88.9 cm³/mol. The minimum absolute atomic E-state index is 0.329. The first-order valence-corrected chi connectivity index (χ1v) is 7.73. The number of benzene rings is 1. The van der Waals surface area contributed by atoms with Crippen LogP contribution in [-0.4, -0.2) is 24.1 Å². The van der Waals surface area contributed by atoms with Crippen LogP contribution in [0.1, 0.15) is 26.7 Å². The second-order valence-corrected chi connectivity index (χ2v) is 6.29. The molecule has 1 aromatic rings. The van der Waals surface area contributed by atoms with Crippen molar-refractivity contribution in [3.63, 3.8) is 0 Å². The average molecular weight is 338 g/mol. The van der Waals surface area contributed by atoms with E-state index in [4.69, 9.17) is 16.3 Å². The molecule has 1 aliphatic carbocycles. The van der Waals surface area contributed by atoms with Crippen LogP contribution in [0.4, 0.5) is 5.69 Å². The molecule has 0 spiro atoms. The van der Waals surface area contributed by atoms with Crippen molar-refractivity contribution in [3.05, 3.63) is 34.4 Å². The molecule has 2 atom stereocenters. The molecule has 1 aliphatic rings. The number of nitrogens with one attached hydrogen (secondary N) is 1. The van der Waals surface area contributed by atoms with Gasteiger partial charge in [0.25, 0.3) is 0 Å². The highest BCUT2D eigenvalue weighted by Gasteiger charge is 2.37. The van der Waals surface area contributed by atoms with Gasteiger partial charge < -0.3 is 15.2 Å². The summed E-state index contributed by atoms with van der Waals surface area (Å²) in [6.07, 6.45) is 0.837. The van der Waals surface area contributed by atoms with Crippen LogP contribution in [0.3, 0.4) is 0 Å². The number of rotatable bonds is 4. The molecule has 0 saturated heterocycles. The molecule has 23 heavy (non-hydrogen) atoms. The molecule has 1 aromatic carbocycles. The van der Waals surface area contributed by atoms with Crippen LogP contribution in [0.5, 0.6) is 5.75 Å². The molecule has 1 amide bonds. The lowest BCUT2D eigenvalue weighted by atomic mass is 9.76. The summed E-state index contributed by atoms with van der Waals surface area (Å²) in [5.41, 5.74) is 2.56. The van der Waals surface area contributed by atoms with Gasteiger partial charge in [0.15, 0.2) is 0 Å². The summed E-state index contributed by atoms with van der Waals surface area (Å²) >= 11 is 5.96. The minimum atomic E-state index is -0.949. The van der Waals surface area contributed by atoms with Gasteiger partial charge in [-0.15, -0.1) is 0 Å². The van der Waals surface area contributed by atoms with Gasteiger partial charge in [-0.25, -0.2) is 0 Å². The van der Waals surface area contributed by atoms with E-state index in [0.29, 0.717) is 29.3 Å². The Balaban J connectivity index is 2.25. The van der Waals surface area contributed by atoms with Gasteiger partial charge in [-0.3, -0.25) is 9.59 Å². The van der Waals surface area contributed by atoms with Crippen molar-refractivity contribution in [3.8, 4) is 5.75 Å². The first kappa shape index (κ1) is 17.3. The Hall–Kier alpha value is -2.01. The fourth-order valence-electron chi connectivity index (χ4n) is 2.83. The number of carbonyl (C=O) groups is 2. The minimum Gasteiger partial charge on any atom is -0.495 e. The van der Waals surface area contributed by atoms with Crippen LogP contribution in [0.2, 0.25) is 5.02 Å². The molecule has 6 heteroatoms. The number of allylic oxidation sites excluding steroid dienone is 2. The monoisotopic (exact) mass is 337 g/mol. The van der Waals surface area contributed by atoms with Crippen molar-refractivity contribution >= 4 is 29.2 Å². The first-order chi connectivity index (χ1) is 10.8. The van der Waals surface area contributed by atoms with Crippen molar-refractivity contribution in [1.29, 1.82) is 0 Å². The van der Waals surface area contributed by atoms with E-state index in [1.807, 2.05) is 13.8 Å². The van der Waals surface area contributed by atoms with Gasteiger partial charge in [0.1, 0.15) is 5.75 Å². The second-order valence-electron chi connectivity index (χ2n) is 5.85. The Kier molecular flexibility index (Phi) is 5.31. The third kappa shape index (κ3) is 3.85. The van der Waals surface area contributed by atoms with E-state index in [0.717, 1.165) is 11.1 Å². The van der Waals surface area contributed by atoms with Crippen LogP contribution >= 0.6 is 11.6 Å². The highest BCUT2D eigenvalue weighted by Crippen LogP contribution is 2.36. The molecular formula is C17H20ClNO4. The van der Waals surface area contributed by atoms with E-state index < -0.39 is 17.8 Å². The highest BCUT2D eigenvalue weighted by atomic mass is 35.5. The third-order valence-corrected chi connectivity index (χ3v) is 4.57. The molecule has 5 nitrogen and oxygen atoms in total. The summed E-state index contributed by atoms with van der Waals surface area (Å²) in [6.45, 7) is 3.85. The standard InChI is InChI=1S/C17H20ClNO4/c1-9-6-12(13(17(21)22)7-10(9)2)16(20)19-14-8-11(18)4-5-15(14)23-3/h4-5,8,12-13H,6-7H2,1-3H3,(H,19,20)(H,21,22)/t12-,13+/m1/s1. The van der Waals surface area contributed by atoms with Crippen LogP contribution in [0.25, 0.3) is 0 Å². The molecule has 0 aromatic heterocycles. The highest BCUT2D eigenvalue weighted by molar-refractivity contribution is 6.31. The second kappa shape index (κ2) is 7.04. The lowest BCUT2D eigenvalue weighted by Gasteiger charge is -2.29. The number of carboxylic acids is 1. The van der Waals surface area contributed by atoms with Gasteiger partial charge in [-0.2, -0.15) is 0 Å². The van der Waals surface area contributed by atoms with E-state index in [1.165, 1.54) is 7.11 Å². The molecular weight excluding hydrogens is 318 g/mol. The fourth-order valence-corrected chi connectivity index (χ4v) is 3.00. The summed E-state index contributed by atoms with van der Waals surface area (Å²) in [5, 5.41) is 12.6. The van der Waals surface area contributed by atoms with Gasteiger partial charge in [0.2, 0.25) is 5.91 Å². The lowest BCUT2D eigenvalue weighted by molar-refractivity contribution is -0.146. The Bertz CT molecular complexity index is 669. The topological polar surface area (TPSA) is 75.6 Å². The lowest BCUT2D eigenvalue weighted by Crippen LogP contribution is -2.36. The van der Waals surface area contributed by atoms with Gasteiger partial charge in [0, 0.05) is 5.02 Å². The maximum Gasteiger partial charge on any atom is 0.307 e. The van der Waals surface area contributed by atoms with E-state index in [-0.39, 0.29) is 5.91 Å². The first-order valence-electron chi connectivity index (χ1n) is 7.36. The number of carbonyl (C=O) groups excluding carboxylic acids is 1. The number of ether oxygens (including phenoxy) is 1. The maximum absolute atomic E-state index is 12.6. The zero-order valence-corrected chi connectivity index (χ0v) is 14.1. The van der Waals surface area contributed by atoms with Crippen molar-refractivity contribution in [2.75, 3.05) is 12.4 Å². The van der Waals surface area contributed by atoms with E-state index in [1.54, 1.807) is 18.2 Å². The number of aliphatic carboxylic acids is 1. The molecule has 0 aliphatic heterocycles. The number of anilines is 1. The molecule has 2 N–H and O–H groups in total. The Morgan fingerprint density at radius 3 is 2.39 bits per heavy atom. The maximum atomic E-state index is 12.6. The van der Waals surface area contributed by atoms with Gasteiger partial charge in [0.05, 0.1) is 24.6 Å². The number of halogens is 1. The number of carboxylic acid groups (broad SMARTS) is 1.